The van der Waals surface area contributed by atoms with Crippen LogP contribution < -0.4 is 0 Å². The number of nitrogens with one attached hydrogen (secondary N) is 1. The molecule has 0 amide bonds. The molecule has 0 fully saturated rings. The number of hydrogen-bond acceptors (Lipinski definition) is 3. The van der Waals surface area contributed by atoms with Gasteiger partial charge in [0.2, 0.25) is 0 Å². The number of aromatic nitrogens is 2. The maximum Gasteiger partial charge on any atom is 0.272 e. The maximum atomic E-state index is 10.8. The number of aromatic amines is 1. The molecule has 5 nitrogen and oxygen atoms in total. The Morgan fingerprint density at radius 1 is 1.15 bits per heavy atom. The van der Waals surface area contributed by atoms with Gasteiger partial charge in [-0.3, -0.25) is 10.1 Å². The van der Waals surface area contributed by atoms with E-state index in [1.165, 1.54) is 6.07 Å². The molecule has 0 aliphatic heterocycles. The lowest BCUT2D eigenvalue weighted by atomic mass is 10.1. The van der Waals surface area contributed by atoms with Crippen molar-refractivity contribution < 1.29 is 4.92 Å². The summed E-state index contributed by atoms with van der Waals surface area (Å²) in [6.07, 6.45) is 0. The third-order valence-electron chi connectivity index (χ3n) is 3.30. The molecule has 1 N–H and O–H groups in total. The molecule has 0 unspecified atom stereocenters. The van der Waals surface area contributed by atoms with Crippen LogP contribution in [0.2, 0.25) is 0 Å². The van der Waals surface area contributed by atoms with Crippen LogP contribution in [0, 0.1) is 24.0 Å². The summed E-state index contributed by atoms with van der Waals surface area (Å²) >= 11 is 0. The van der Waals surface area contributed by atoms with Crippen LogP contribution in [-0.4, -0.2) is 14.9 Å². The standard InChI is InChI=1S/C15H13N3O2/c1-9-3-5-12-13(7-9)17-15(16-12)11-4-6-14(18(19)20)10(2)8-11/h3-8H,1-2H3,(H,16,17). The second-order valence-corrected chi connectivity index (χ2v) is 4.86. The number of aryl methyl sites for hydroxylation is 2. The van der Waals surface area contributed by atoms with Gasteiger partial charge in [0.25, 0.3) is 5.69 Å². The molecule has 3 aromatic rings. The monoisotopic (exact) mass is 267 g/mol. The summed E-state index contributed by atoms with van der Waals surface area (Å²) in [4.78, 5) is 18.2. The summed E-state index contributed by atoms with van der Waals surface area (Å²) in [6.45, 7) is 3.75. The first kappa shape index (κ1) is 12.3. The topological polar surface area (TPSA) is 71.8 Å². The fourth-order valence-electron chi connectivity index (χ4n) is 2.27. The van der Waals surface area contributed by atoms with Gasteiger partial charge in [0.1, 0.15) is 5.82 Å². The molecule has 3 rings (SSSR count). The van der Waals surface area contributed by atoms with Crippen LogP contribution in [-0.2, 0) is 0 Å². The molecule has 0 spiro atoms. The highest BCUT2D eigenvalue weighted by Crippen LogP contribution is 2.26. The first-order valence-corrected chi connectivity index (χ1v) is 6.26. The van der Waals surface area contributed by atoms with E-state index in [0.29, 0.717) is 5.56 Å². The van der Waals surface area contributed by atoms with Crippen molar-refractivity contribution in [2.24, 2.45) is 0 Å². The van der Waals surface area contributed by atoms with Gasteiger partial charge < -0.3 is 4.98 Å². The average Bonchev–Trinajstić information content (AvgIpc) is 2.81. The normalized spacial score (nSPS) is 10.9. The van der Waals surface area contributed by atoms with Crippen LogP contribution in [0.1, 0.15) is 11.1 Å². The van der Waals surface area contributed by atoms with Crippen molar-refractivity contribution in [2.45, 2.75) is 13.8 Å². The summed E-state index contributed by atoms with van der Waals surface area (Å²) in [5.41, 5.74) is 4.62. The Bertz CT molecular complexity index is 821. The van der Waals surface area contributed by atoms with Crippen molar-refractivity contribution in [3.63, 3.8) is 0 Å². The third-order valence-corrected chi connectivity index (χ3v) is 3.30. The summed E-state index contributed by atoms with van der Waals surface area (Å²) in [5.74, 6) is 0.726. The van der Waals surface area contributed by atoms with E-state index >= 15 is 0 Å². The fourth-order valence-corrected chi connectivity index (χ4v) is 2.27. The molecule has 0 aliphatic rings. The summed E-state index contributed by atoms with van der Waals surface area (Å²) < 4.78 is 0. The van der Waals surface area contributed by atoms with Crippen molar-refractivity contribution in [3.8, 4) is 11.4 Å². The highest BCUT2D eigenvalue weighted by atomic mass is 16.6. The van der Waals surface area contributed by atoms with E-state index in [9.17, 15) is 10.1 Å². The molecule has 0 aliphatic carbocycles. The van der Waals surface area contributed by atoms with Gasteiger partial charge in [-0.25, -0.2) is 4.98 Å². The SMILES string of the molecule is Cc1ccc2nc(-c3ccc([N+](=O)[O-])c(C)c3)[nH]c2c1. The van der Waals surface area contributed by atoms with Gasteiger partial charge in [0.05, 0.1) is 16.0 Å². The highest BCUT2D eigenvalue weighted by Gasteiger charge is 2.12. The molecule has 0 saturated carbocycles. The van der Waals surface area contributed by atoms with Crippen LogP contribution in [0.5, 0.6) is 0 Å². The van der Waals surface area contributed by atoms with Crippen molar-refractivity contribution in [1.29, 1.82) is 0 Å². The second kappa shape index (κ2) is 4.45. The molecule has 0 saturated heterocycles. The van der Waals surface area contributed by atoms with E-state index in [1.54, 1.807) is 19.1 Å². The quantitative estimate of drug-likeness (QED) is 0.567. The Balaban J connectivity index is 2.11. The Morgan fingerprint density at radius 3 is 2.65 bits per heavy atom. The average molecular weight is 267 g/mol. The van der Waals surface area contributed by atoms with E-state index < -0.39 is 0 Å². The number of nitro groups is 1. The van der Waals surface area contributed by atoms with Gasteiger partial charge >= 0.3 is 0 Å². The largest absolute Gasteiger partial charge is 0.338 e. The Labute approximate surface area is 115 Å². The zero-order valence-corrected chi connectivity index (χ0v) is 11.2. The molecule has 5 heteroatoms. The predicted molar refractivity (Wildman–Crippen MR) is 77.7 cm³/mol. The van der Waals surface area contributed by atoms with E-state index in [1.807, 2.05) is 25.1 Å². The Morgan fingerprint density at radius 2 is 1.95 bits per heavy atom. The lowest BCUT2D eigenvalue weighted by Gasteiger charge is -2.00. The van der Waals surface area contributed by atoms with Gasteiger partial charge in [-0.1, -0.05) is 6.07 Å². The molecule has 0 radical (unpaired) electrons. The van der Waals surface area contributed by atoms with Crippen LogP contribution in [0.25, 0.3) is 22.4 Å². The molecular weight excluding hydrogens is 254 g/mol. The summed E-state index contributed by atoms with van der Waals surface area (Å²) in [6, 6.07) is 11.0. The van der Waals surface area contributed by atoms with E-state index in [4.69, 9.17) is 0 Å². The number of H-pyrrole nitrogens is 1. The van der Waals surface area contributed by atoms with Crippen LogP contribution in [0.15, 0.2) is 36.4 Å². The Hall–Kier alpha value is -2.69. The van der Waals surface area contributed by atoms with Gasteiger partial charge in [-0.15, -0.1) is 0 Å². The zero-order valence-electron chi connectivity index (χ0n) is 11.2. The predicted octanol–water partition coefficient (Wildman–Crippen LogP) is 3.75. The first-order valence-electron chi connectivity index (χ1n) is 6.26. The second-order valence-electron chi connectivity index (χ2n) is 4.86. The zero-order chi connectivity index (χ0) is 14.3. The fraction of sp³-hybridized carbons (Fsp3) is 0.133. The molecule has 1 heterocycles. The van der Waals surface area contributed by atoms with E-state index in [2.05, 4.69) is 9.97 Å². The number of nitrogens with zero attached hydrogens (tertiary/aromatic N) is 2. The number of fused-ring (bicyclic) bond motifs is 1. The van der Waals surface area contributed by atoms with Gasteiger partial charge in [0.15, 0.2) is 0 Å². The summed E-state index contributed by atoms with van der Waals surface area (Å²) in [5, 5.41) is 10.8. The van der Waals surface area contributed by atoms with Gasteiger partial charge in [-0.05, 0) is 43.7 Å². The van der Waals surface area contributed by atoms with Gasteiger partial charge in [-0.2, -0.15) is 0 Å². The molecule has 2 aromatic carbocycles. The van der Waals surface area contributed by atoms with Crippen molar-refractivity contribution in [1.82, 2.24) is 9.97 Å². The van der Waals surface area contributed by atoms with Crippen LogP contribution in [0.4, 0.5) is 5.69 Å². The molecule has 0 atom stereocenters. The lowest BCUT2D eigenvalue weighted by molar-refractivity contribution is -0.385. The number of benzene rings is 2. The number of rotatable bonds is 2. The molecule has 0 bridgehead atoms. The van der Waals surface area contributed by atoms with Crippen molar-refractivity contribution in [3.05, 3.63) is 57.6 Å². The van der Waals surface area contributed by atoms with E-state index in [-0.39, 0.29) is 10.6 Å². The van der Waals surface area contributed by atoms with Crippen molar-refractivity contribution in [2.75, 3.05) is 0 Å². The molecule has 20 heavy (non-hydrogen) atoms. The molecule has 100 valence electrons. The minimum atomic E-state index is -0.374. The van der Waals surface area contributed by atoms with E-state index in [0.717, 1.165) is 28.0 Å². The first-order chi connectivity index (χ1) is 9.54. The van der Waals surface area contributed by atoms with Crippen molar-refractivity contribution >= 4 is 16.7 Å². The molecule has 1 aromatic heterocycles. The minimum Gasteiger partial charge on any atom is -0.338 e. The highest BCUT2D eigenvalue weighted by molar-refractivity contribution is 5.80. The smallest absolute Gasteiger partial charge is 0.272 e. The van der Waals surface area contributed by atoms with Crippen LogP contribution in [0.3, 0.4) is 0 Å². The maximum absolute atomic E-state index is 10.8. The summed E-state index contributed by atoms with van der Waals surface area (Å²) in [7, 11) is 0. The minimum absolute atomic E-state index is 0.126. The number of imidazole rings is 1. The third kappa shape index (κ3) is 2.03. The Kier molecular flexibility index (Phi) is 2.75. The van der Waals surface area contributed by atoms with Crippen LogP contribution >= 0.6 is 0 Å². The number of nitro benzene ring substituents is 1. The lowest BCUT2D eigenvalue weighted by Crippen LogP contribution is -1.92. The van der Waals surface area contributed by atoms with Gasteiger partial charge in [0, 0.05) is 17.2 Å². The number of hydrogen-bond donors (Lipinski definition) is 1. The molecular formula is C15H13N3O2.